The molecule has 0 fully saturated rings. The number of primary amides is 1. The van der Waals surface area contributed by atoms with Gasteiger partial charge >= 0.3 is 0 Å². The quantitative estimate of drug-likeness (QED) is 0.576. The summed E-state index contributed by atoms with van der Waals surface area (Å²) in [6.45, 7) is 1.78. The number of nitrogens with zero attached hydrogens (tertiary/aromatic N) is 4. The summed E-state index contributed by atoms with van der Waals surface area (Å²) in [5.41, 5.74) is 6.62. The van der Waals surface area contributed by atoms with Gasteiger partial charge in [0.25, 0.3) is 10.0 Å². The van der Waals surface area contributed by atoms with Gasteiger partial charge in [-0.1, -0.05) is 11.6 Å². The minimum Gasteiger partial charge on any atom is -0.369 e. The van der Waals surface area contributed by atoms with Crippen LogP contribution in [-0.2, 0) is 28.3 Å². The molecule has 0 aliphatic rings. The van der Waals surface area contributed by atoms with E-state index in [4.69, 9.17) is 17.3 Å². The lowest BCUT2D eigenvalue weighted by Gasteiger charge is -2.09. The van der Waals surface area contributed by atoms with E-state index in [1.165, 1.54) is 34.6 Å². The number of rotatable bonds is 6. The molecule has 0 atom stereocenters. The lowest BCUT2D eigenvalue weighted by Crippen LogP contribution is -2.14. The number of aromatic nitrogens is 4. The van der Waals surface area contributed by atoms with Gasteiger partial charge < -0.3 is 10.3 Å². The number of hydrogen-bond donors (Lipinski definition) is 2. The minimum atomic E-state index is -3.91. The summed E-state index contributed by atoms with van der Waals surface area (Å²) in [7, 11) is -2.25. The largest absolute Gasteiger partial charge is 0.369 e. The number of amides is 1. The van der Waals surface area contributed by atoms with E-state index < -0.39 is 15.9 Å². The summed E-state index contributed by atoms with van der Waals surface area (Å²) in [6.07, 6.45) is 4.30. The number of aryl methyl sites for hydroxylation is 2. The predicted octanol–water partition coefficient (Wildman–Crippen LogP) is 1.73. The average Bonchev–Trinajstić information content (AvgIpc) is 3.15. The highest BCUT2D eigenvalue weighted by Crippen LogP contribution is 2.33. The summed E-state index contributed by atoms with van der Waals surface area (Å²) in [6, 6.07) is 1.56. The Labute approximate surface area is 164 Å². The molecular formula is C15H15ClN6O3S2. The lowest BCUT2D eigenvalue weighted by atomic mass is 10.2. The maximum Gasteiger partial charge on any atom is 0.281 e. The third kappa shape index (κ3) is 4.26. The fourth-order valence-electron chi connectivity index (χ4n) is 2.31. The van der Waals surface area contributed by atoms with Gasteiger partial charge in [0.15, 0.2) is 10.2 Å². The van der Waals surface area contributed by atoms with Crippen LogP contribution in [0.15, 0.2) is 29.8 Å². The van der Waals surface area contributed by atoms with E-state index >= 15 is 0 Å². The third-order valence-electron chi connectivity index (χ3n) is 3.47. The van der Waals surface area contributed by atoms with Crippen LogP contribution >= 0.6 is 22.9 Å². The van der Waals surface area contributed by atoms with Crippen LogP contribution in [-0.4, -0.2) is 33.8 Å². The Kier molecular flexibility index (Phi) is 5.18. The molecule has 0 aliphatic carbocycles. The van der Waals surface area contributed by atoms with Gasteiger partial charge in [0.2, 0.25) is 5.91 Å². The summed E-state index contributed by atoms with van der Waals surface area (Å²) in [4.78, 5) is 24.0. The smallest absolute Gasteiger partial charge is 0.281 e. The summed E-state index contributed by atoms with van der Waals surface area (Å²) < 4.78 is 28.9. The molecule has 27 heavy (non-hydrogen) atoms. The molecule has 0 aromatic carbocycles. The van der Waals surface area contributed by atoms with Gasteiger partial charge in [0, 0.05) is 25.0 Å². The molecule has 3 heterocycles. The molecule has 1 amide bonds. The topological polar surface area (TPSA) is 133 Å². The average molecular weight is 427 g/mol. The molecule has 0 saturated carbocycles. The van der Waals surface area contributed by atoms with Crippen molar-refractivity contribution in [1.29, 1.82) is 0 Å². The van der Waals surface area contributed by atoms with Gasteiger partial charge in [-0.05, 0) is 13.0 Å². The number of nitrogens with two attached hydrogens (primary N) is 1. The molecule has 9 nitrogen and oxygen atoms in total. The number of hydrogen-bond acceptors (Lipinski definition) is 7. The van der Waals surface area contributed by atoms with Crippen molar-refractivity contribution in [2.75, 3.05) is 4.72 Å². The predicted molar refractivity (Wildman–Crippen MR) is 102 cm³/mol. The van der Waals surface area contributed by atoms with Gasteiger partial charge in [-0.3, -0.25) is 9.52 Å². The second kappa shape index (κ2) is 7.25. The van der Waals surface area contributed by atoms with Crippen LogP contribution < -0.4 is 10.5 Å². The normalized spacial score (nSPS) is 11.5. The first-order valence-electron chi connectivity index (χ1n) is 7.57. The van der Waals surface area contributed by atoms with Gasteiger partial charge in [0.05, 0.1) is 29.0 Å². The Morgan fingerprint density at radius 3 is 2.78 bits per heavy atom. The molecule has 0 aliphatic heterocycles. The Morgan fingerprint density at radius 1 is 1.41 bits per heavy atom. The SMILES string of the molecule is Cc1nc(CC(N)=O)sc1-c1cnc(Cl)c(NS(=O)(=O)c2cn(C)cn2)c1. The van der Waals surface area contributed by atoms with Crippen molar-refractivity contribution in [3.8, 4) is 10.4 Å². The molecular weight excluding hydrogens is 412 g/mol. The lowest BCUT2D eigenvalue weighted by molar-refractivity contribution is -0.117. The van der Waals surface area contributed by atoms with Crippen LogP contribution in [0.2, 0.25) is 5.15 Å². The number of anilines is 1. The van der Waals surface area contributed by atoms with E-state index in [1.54, 1.807) is 20.0 Å². The number of carbonyl (C=O) groups excluding carboxylic acids is 1. The van der Waals surface area contributed by atoms with Crippen molar-refractivity contribution in [3.05, 3.63) is 40.6 Å². The summed E-state index contributed by atoms with van der Waals surface area (Å²) >= 11 is 7.34. The van der Waals surface area contributed by atoms with E-state index in [0.717, 1.165) is 4.88 Å². The number of pyridine rings is 1. The Bertz CT molecular complexity index is 1120. The van der Waals surface area contributed by atoms with Gasteiger partial charge in [-0.25, -0.2) is 15.0 Å². The van der Waals surface area contributed by atoms with Gasteiger partial charge in [-0.15, -0.1) is 11.3 Å². The maximum absolute atomic E-state index is 12.5. The van der Waals surface area contributed by atoms with E-state index in [0.29, 0.717) is 16.3 Å². The standard InChI is InChI=1S/C15H15ClN6O3S2/c1-8-14(26-12(20-8)4-11(17)23)9-3-10(15(16)18-5-9)21-27(24,25)13-6-22(2)7-19-13/h3,5-7,21H,4H2,1-2H3,(H2,17,23). The fourth-order valence-corrected chi connectivity index (χ4v) is 4.62. The number of sulfonamides is 1. The van der Waals surface area contributed by atoms with Crippen molar-refractivity contribution >= 4 is 44.6 Å². The molecule has 142 valence electrons. The number of halogens is 1. The van der Waals surface area contributed by atoms with Gasteiger partial charge in [-0.2, -0.15) is 8.42 Å². The van der Waals surface area contributed by atoms with Crippen molar-refractivity contribution in [2.45, 2.75) is 18.4 Å². The molecule has 3 aromatic heterocycles. The number of nitrogens with one attached hydrogen (secondary N) is 1. The molecule has 0 saturated heterocycles. The van der Waals surface area contributed by atoms with Crippen molar-refractivity contribution in [1.82, 2.24) is 19.5 Å². The van der Waals surface area contributed by atoms with E-state index in [2.05, 4.69) is 19.7 Å². The highest BCUT2D eigenvalue weighted by atomic mass is 35.5. The molecule has 0 unspecified atom stereocenters. The minimum absolute atomic E-state index is 0.00205. The Balaban J connectivity index is 1.96. The van der Waals surface area contributed by atoms with E-state index in [-0.39, 0.29) is 22.3 Å². The number of thiazole rings is 1. The van der Waals surface area contributed by atoms with Gasteiger partial charge in [0.1, 0.15) is 5.01 Å². The van der Waals surface area contributed by atoms with Crippen LogP contribution in [0, 0.1) is 6.92 Å². The highest BCUT2D eigenvalue weighted by molar-refractivity contribution is 7.92. The van der Waals surface area contributed by atoms with E-state index in [9.17, 15) is 13.2 Å². The van der Waals surface area contributed by atoms with Crippen molar-refractivity contribution in [3.63, 3.8) is 0 Å². The number of imidazole rings is 1. The van der Waals surface area contributed by atoms with Crippen LogP contribution in [0.4, 0.5) is 5.69 Å². The zero-order valence-electron chi connectivity index (χ0n) is 14.3. The second-order valence-electron chi connectivity index (χ2n) is 5.71. The zero-order valence-corrected chi connectivity index (χ0v) is 16.7. The van der Waals surface area contributed by atoms with Crippen LogP contribution in [0.25, 0.3) is 10.4 Å². The molecule has 0 bridgehead atoms. The van der Waals surface area contributed by atoms with E-state index in [1.807, 2.05) is 0 Å². The summed E-state index contributed by atoms with van der Waals surface area (Å²) in [5.74, 6) is -0.478. The van der Waals surface area contributed by atoms with Crippen molar-refractivity contribution < 1.29 is 13.2 Å². The Morgan fingerprint density at radius 2 is 2.15 bits per heavy atom. The Hall–Kier alpha value is -2.50. The molecule has 0 spiro atoms. The molecule has 3 aromatic rings. The molecule has 0 radical (unpaired) electrons. The first kappa shape index (κ1) is 19.3. The molecule has 12 heteroatoms. The second-order valence-corrected chi connectivity index (χ2v) is 8.78. The highest BCUT2D eigenvalue weighted by Gasteiger charge is 2.20. The zero-order chi connectivity index (χ0) is 19.8. The molecule has 3 rings (SSSR count). The third-order valence-corrected chi connectivity index (χ3v) is 6.23. The van der Waals surface area contributed by atoms with Crippen molar-refractivity contribution in [2.24, 2.45) is 12.8 Å². The first-order chi connectivity index (χ1) is 12.7. The van der Waals surface area contributed by atoms with Crippen LogP contribution in [0.1, 0.15) is 10.7 Å². The monoisotopic (exact) mass is 426 g/mol. The summed E-state index contributed by atoms with van der Waals surface area (Å²) in [5, 5.41) is 0.433. The van der Waals surface area contributed by atoms with Crippen LogP contribution in [0.3, 0.4) is 0 Å². The number of carbonyl (C=O) groups is 1. The first-order valence-corrected chi connectivity index (χ1v) is 10.2. The molecule has 3 N–H and O–H groups in total. The fraction of sp³-hybridized carbons (Fsp3) is 0.200. The van der Waals surface area contributed by atoms with Crippen LogP contribution in [0.5, 0.6) is 0 Å². The maximum atomic E-state index is 12.5.